The number of anilines is 1. The van der Waals surface area contributed by atoms with Crippen LogP contribution in [0.3, 0.4) is 0 Å². The van der Waals surface area contributed by atoms with Crippen LogP contribution in [0.4, 0.5) is 5.00 Å². The van der Waals surface area contributed by atoms with E-state index < -0.39 is 11.9 Å². The number of aromatic nitrogens is 1. The maximum absolute atomic E-state index is 13.7. The van der Waals surface area contributed by atoms with Gasteiger partial charge in [0.05, 0.1) is 33.8 Å². The third kappa shape index (κ3) is 5.11. The highest BCUT2D eigenvalue weighted by molar-refractivity contribution is 7.18. The van der Waals surface area contributed by atoms with Crippen LogP contribution in [0.1, 0.15) is 54.0 Å². The van der Waals surface area contributed by atoms with Gasteiger partial charge in [-0.05, 0) is 51.0 Å². The first-order chi connectivity index (χ1) is 17.6. The third-order valence-corrected chi connectivity index (χ3v) is 7.27. The van der Waals surface area contributed by atoms with Crippen LogP contribution in [-0.4, -0.2) is 48.4 Å². The van der Waals surface area contributed by atoms with Crippen molar-refractivity contribution in [3.8, 4) is 11.3 Å². The molecule has 0 fully saturated rings. The van der Waals surface area contributed by atoms with Crippen molar-refractivity contribution in [1.29, 1.82) is 0 Å². The minimum atomic E-state index is -0.583. The molecule has 0 saturated heterocycles. The highest BCUT2D eigenvalue weighted by Gasteiger charge is 2.28. The van der Waals surface area contributed by atoms with Gasteiger partial charge in [0.25, 0.3) is 11.8 Å². The number of benzene rings is 2. The number of amides is 2. The predicted molar refractivity (Wildman–Crippen MR) is 148 cm³/mol. The summed E-state index contributed by atoms with van der Waals surface area (Å²) in [5.41, 5.74) is 5.58. The van der Waals surface area contributed by atoms with E-state index in [1.807, 2.05) is 50.2 Å². The number of ether oxygens (including phenoxy) is 1. The molecule has 4 aromatic rings. The minimum absolute atomic E-state index is 0.173. The van der Waals surface area contributed by atoms with Gasteiger partial charge in [-0.2, -0.15) is 0 Å². The number of aryl methyl sites for hydroxylation is 2. The quantitative estimate of drug-likeness (QED) is 0.317. The largest absolute Gasteiger partial charge is 0.462 e. The molecule has 2 aromatic carbocycles. The summed E-state index contributed by atoms with van der Waals surface area (Å²) in [5.74, 6) is -1.24. The molecule has 0 radical (unpaired) electrons. The fraction of sp³-hybridized carbons (Fsp3) is 0.241. The molecule has 0 atom stereocenters. The third-order valence-electron chi connectivity index (χ3n) is 6.07. The van der Waals surface area contributed by atoms with Crippen LogP contribution in [0, 0.1) is 20.8 Å². The lowest BCUT2D eigenvalue weighted by Crippen LogP contribution is -2.21. The Kier molecular flexibility index (Phi) is 7.40. The molecule has 0 bridgehead atoms. The maximum atomic E-state index is 13.7. The van der Waals surface area contributed by atoms with E-state index in [-0.39, 0.29) is 23.1 Å². The molecule has 0 saturated carbocycles. The number of thiophene rings is 1. The van der Waals surface area contributed by atoms with E-state index in [4.69, 9.17) is 9.72 Å². The van der Waals surface area contributed by atoms with Crippen molar-refractivity contribution in [2.45, 2.75) is 27.7 Å². The van der Waals surface area contributed by atoms with Crippen LogP contribution < -0.4 is 5.32 Å². The second-order valence-corrected chi connectivity index (χ2v) is 10.0. The standard InChI is InChI=1S/C29H29N3O4S/c1-7-36-29(35)24-18(4)25(28(34)32(5)6)37-27(24)31-26(33)21-15-23(19-13-12-16(2)14-17(19)3)30-22-11-9-8-10-20(21)22/h8-15H,7H2,1-6H3,(H,31,33). The average molecular weight is 516 g/mol. The number of hydrogen-bond acceptors (Lipinski definition) is 6. The molecule has 4 rings (SSSR count). The second kappa shape index (κ2) is 10.5. The Balaban J connectivity index is 1.83. The molecule has 37 heavy (non-hydrogen) atoms. The Labute approximate surface area is 220 Å². The van der Waals surface area contributed by atoms with Crippen molar-refractivity contribution in [2.24, 2.45) is 0 Å². The molecule has 8 heteroatoms. The number of rotatable bonds is 6. The van der Waals surface area contributed by atoms with E-state index in [1.165, 1.54) is 4.90 Å². The highest BCUT2D eigenvalue weighted by Crippen LogP contribution is 2.35. The van der Waals surface area contributed by atoms with Crippen molar-refractivity contribution in [2.75, 3.05) is 26.0 Å². The molecule has 0 unspecified atom stereocenters. The van der Waals surface area contributed by atoms with Crippen molar-refractivity contribution >= 4 is 45.0 Å². The topological polar surface area (TPSA) is 88.6 Å². The Hall–Kier alpha value is -4.04. The fourth-order valence-electron chi connectivity index (χ4n) is 4.23. The predicted octanol–water partition coefficient (Wildman–Crippen LogP) is 6.02. The van der Waals surface area contributed by atoms with Gasteiger partial charge in [-0.1, -0.05) is 42.0 Å². The molecule has 0 aliphatic rings. The number of esters is 1. The van der Waals surface area contributed by atoms with Gasteiger partial charge < -0.3 is 15.0 Å². The number of hydrogen-bond donors (Lipinski definition) is 1. The van der Waals surface area contributed by atoms with Gasteiger partial charge in [-0.3, -0.25) is 9.59 Å². The Bertz CT molecular complexity index is 1540. The van der Waals surface area contributed by atoms with Crippen molar-refractivity contribution in [3.63, 3.8) is 0 Å². The van der Waals surface area contributed by atoms with Gasteiger partial charge in [0.15, 0.2) is 0 Å². The summed E-state index contributed by atoms with van der Waals surface area (Å²) in [5, 5.41) is 3.86. The molecule has 1 N–H and O–H groups in total. The number of nitrogens with one attached hydrogen (secondary N) is 1. The van der Waals surface area contributed by atoms with E-state index in [0.29, 0.717) is 32.6 Å². The number of para-hydroxylation sites is 1. The molecule has 0 spiro atoms. The van der Waals surface area contributed by atoms with E-state index in [2.05, 4.69) is 11.4 Å². The van der Waals surface area contributed by atoms with Crippen LogP contribution >= 0.6 is 11.3 Å². The van der Waals surface area contributed by atoms with Crippen LogP contribution in [-0.2, 0) is 4.74 Å². The number of fused-ring (bicyclic) bond motifs is 1. The molecule has 0 aliphatic heterocycles. The molecule has 190 valence electrons. The summed E-state index contributed by atoms with van der Waals surface area (Å²) in [6, 6.07) is 15.3. The zero-order valence-electron chi connectivity index (χ0n) is 21.8. The normalized spacial score (nSPS) is 10.9. The Morgan fingerprint density at radius 2 is 1.76 bits per heavy atom. The molecule has 2 aromatic heterocycles. The first kappa shape index (κ1) is 26.0. The smallest absolute Gasteiger partial charge is 0.341 e. The van der Waals surface area contributed by atoms with Crippen molar-refractivity contribution in [3.05, 3.63) is 81.2 Å². The summed E-state index contributed by atoms with van der Waals surface area (Å²) >= 11 is 1.07. The number of carbonyl (C=O) groups is 3. The van der Waals surface area contributed by atoms with E-state index in [0.717, 1.165) is 28.0 Å². The summed E-state index contributed by atoms with van der Waals surface area (Å²) in [6.45, 7) is 7.62. The first-order valence-electron chi connectivity index (χ1n) is 11.9. The van der Waals surface area contributed by atoms with Crippen LogP contribution in [0.2, 0.25) is 0 Å². The van der Waals surface area contributed by atoms with E-state index in [1.54, 1.807) is 34.0 Å². The van der Waals surface area contributed by atoms with Gasteiger partial charge in [-0.25, -0.2) is 9.78 Å². The van der Waals surface area contributed by atoms with Crippen molar-refractivity contribution < 1.29 is 19.1 Å². The molecule has 7 nitrogen and oxygen atoms in total. The second-order valence-electron chi connectivity index (χ2n) is 9.03. The number of pyridine rings is 1. The maximum Gasteiger partial charge on any atom is 0.341 e. The van der Waals surface area contributed by atoms with Crippen LogP contribution in [0.5, 0.6) is 0 Å². The average Bonchev–Trinajstić information content (AvgIpc) is 3.18. The van der Waals surface area contributed by atoms with Gasteiger partial charge >= 0.3 is 5.97 Å². The van der Waals surface area contributed by atoms with E-state index >= 15 is 0 Å². The SMILES string of the molecule is CCOC(=O)c1c(NC(=O)c2cc(-c3ccc(C)cc3C)nc3ccccc23)sc(C(=O)N(C)C)c1C. The van der Waals surface area contributed by atoms with Gasteiger partial charge in [0.2, 0.25) is 0 Å². The molecule has 2 amide bonds. The lowest BCUT2D eigenvalue weighted by molar-refractivity contribution is 0.0527. The van der Waals surface area contributed by atoms with Crippen LogP contribution in [0.15, 0.2) is 48.5 Å². The van der Waals surface area contributed by atoms with Gasteiger partial charge in [0.1, 0.15) is 5.00 Å². The zero-order valence-corrected chi connectivity index (χ0v) is 22.6. The summed E-state index contributed by atoms with van der Waals surface area (Å²) < 4.78 is 5.24. The summed E-state index contributed by atoms with van der Waals surface area (Å²) in [4.78, 5) is 45.9. The molecular weight excluding hydrogens is 486 g/mol. The van der Waals surface area contributed by atoms with Crippen molar-refractivity contribution in [1.82, 2.24) is 9.88 Å². The van der Waals surface area contributed by atoms with Crippen LogP contribution in [0.25, 0.3) is 22.2 Å². The highest BCUT2D eigenvalue weighted by atomic mass is 32.1. The number of carbonyl (C=O) groups excluding carboxylic acids is 3. The number of nitrogens with zero attached hydrogens (tertiary/aromatic N) is 2. The Morgan fingerprint density at radius 1 is 1.03 bits per heavy atom. The Morgan fingerprint density at radius 3 is 2.43 bits per heavy atom. The fourth-order valence-corrected chi connectivity index (χ4v) is 5.44. The molecule has 2 heterocycles. The van der Waals surface area contributed by atoms with Gasteiger partial charge in [-0.15, -0.1) is 11.3 Å². The first-order valence-corrected chi connectivity index (χ1v) is 12.7. The van der Waals surface area contributed by atoms with E-state index in [9.17, 15) is 14.4 Å². The monoisotopic (exact) mass is 515 g/mol. The van der Waals surface area contributed by atoms with Gasteiger partial charge in [0, 0.05) is 25.0 Å². The lowest BCUT2D eigenvalue weighted by atomic mass is 9.99. The summed E-state index contributed by atoms with van der Waals surface area (Å²) in [7, 11) is 3.28. The minimum Gasteiger partial charge on any atom is -0.462 e. The molecular formula is C29H29N3O4S. The summed E-state index contributed by atoms with van der Waals surface area (Å²) in [6.07, 6.45) is 0. The zero-order chi connectivity index (χ0) is 26.9. The lowest BCUT2D eigenvalue weighted by Gasteiger charge is -2.12. The molecule has 0 aliphatic carbocycles.